The third kappa shape index (κ3) is 2.15. The van der Waals surface area contributed by atoms with Gasteiger partial charge < -0.3 is 10.1 Å². The predicted molar refractivity (Wildman–Crippen MR) is 73.5 cm³/mol. The first-order valence-corrected chi connectivity index (χ1v) is 8.30. The Balaban J connectivity index is 1.61. The van der Waals surface area contributed by atoms with Crippen molar-refractivity contribution in [2.75, 3.05) is 18.1 Å². The fourth-order valence-electron chi connectivity index (χ4n) is 3.98. The molecule has 1 N–H and O–H groups in total. The number of hydrogen-bond acceptors (Lipinski definition) is 3. The molecule has 3 aliphatic rings. The molecule has 0 aromatic carbocycles. The van der Waals surface area contributed by atoms with Crippen LogP contribution >= 0.6 is 11.8 Å². The Kier molecular flexibility index (Phi) is 3.44. The molecule has 3 atom stereocenters. The molecule has 98 valence electrons. The first-order chi connectivity index (χ1) is 8.19. The Morgan fingerprint density at radius 1 is 1.18 bits per heavy atom. The van der Waals surface area contributed by atoms with Crippen molar-refractivity contribution in [1.29, 1.82) is 0 Å². The highest BCUT2D eigenvalue weighted by molar-refractivity contribution is 7.99. The fourth-order valence-corrected chi connectivity index (χ4v) is 5.09. The summed E-state index contributed by atoms with van der Waals surface area (Å²) in [6, 6.07) is 1.46. The molecule has 3 rings (SSSR count). The molecule has 3 fully saturated rings. The van der Waals surface area contributed by atoms with Crippen LogP contribution in [0.2, 0.25) is 0 Å². The van der Waals surface area contributed by atoms with Crippen molar-refractivity contribution in [1.82, 2.24) is 5.32 Å². The van der Waals surface area contributed by atoms with Crippen molar-refractivity contribution in [2.45, 2.75) is 57.7 Å². The van der Waals surface area contributed by atoms with Crippen LogP contribution in [0, 0.1) is 11.3 Å². The van der Waals surface area contributed by atoms with Crippen LogP contribution in [0.5, 0.6) is 0 Å². The summed E-state index contributed by atoms with van der Waals surface area (Å²) in [4.78, 5) is 0. The van der Waals surface area contributed by atoms with E-state index < -0.39 is 0 Å². The molecule has 3 heteroatoms. The van der Waals surface area contributed by atoms with E-state index in [1.54, 1.807) is 0 Å². The third-order valence-electron chi connectivity index (χ3n) is 4.97. The van der Waals surface area contributed by atoms with Crippen LogP contribution in [-0.2, 0) is 4.74 Å². The minimum atomic E-state index is 0.343. The summed E-state index contributed by atoms with van der Waals surface area (Å²) in [6.45, 7) is 5.75. The molecule has 0 bridgehead atoms. The lowest BCUT2D eigenvalue weighted by atomic mass is 9.55. The van der Waals surface area contributed by atoms with Crippen LogP contribution in [0.15, 0.2) is 0 Å². The molecule has 0 aromatic rings. The Labute approximate surface area is 109 Å². The Morgan fingerprint density at radius 3 is 2.71 bits per heavy atom. The summed E-state index contributed by atoms with van der Waals surface area (Å²) < 4.78 is 5.97. The number of nitrogens with one attached hydrogen (secondary N) is 1. The van der Waals surface area contributed by atoms with E-state index in [-0.39, 0.29) is 0 Å². The highest BCUT2D eigenvalue weighted by Crippen LogP contribution is 2.51. The van der Waals surface area contributed by atoms with Crippen LogP contribution in [-0.4, -0.2) is 36.3 Å². The normalized spacial score (nSPS) is 41.6. The average Bonchev–Trinajstić information content (AvgIpc) is 2.37. The van der Waals surface area contributed by atoms with Gasteiger partial charge in [0.2, 0.25) is 0 Å². The molecule has 0 aromatic heterocycles. The second-order valence-corrected chi connectivity index (χ2v) is 7.67. The van der Waals surface area contributed by atoms with Gasteiger partial charge in [0, 0.05) is 30.0 Å². The average molecular weight is 255 g/mol. The van der Waals surface area contributed by atoms with E-state index in [1.807, 2.05) is 0 Å². The summed E-state index contributed by atoms with van der Waals surface area (Å²) in [5.41, 5.74) is 0.343. The second-order valence-electron chi connectivity index (χ2n) is 6.45. The topological polar surface area (TPSA) is 21.3 Å². The Hall–Kier alpha value is 0.270. The Morgan fingerprint density at radius 2 is 1.94 bits per heavy atom. The molecule has 1 aliphatic carbocycles. The van der Waals surface area contributed by atoms with Gasteiger partial charge in [0.05, 0.1) is 6.10 Å². The van der Waals surface area contributed by atoms with Gasteiger partial charge in [0.15, 0.2) is 0 Å². The van der Waals surface area contributed by atoms with Gasteiger partial charge in [-0.1, -0.05) is 13.8 Å². The van der Waals surface area contributed by atoms with Gasteiger partial charge in [-0.05, 0) is 37.2 Å². The first kappa shape index (κ1) is 12.3. The molecule has 2 heterocycles. The zero-order valence-corrected chi connectivity index (χ0v) is 11.9. The molecule has 2 aliphatic heterocycles. The first-order valence-electron chi connectivity index (χ1n) is 7.15. The molecule has 2 saturated heterocycles. The van der Waals surface area contributed by atoms with E-state index in [0.717, 1.165) is 18.6 Å². The van der Waals surface area contributed by atoms with Crippen LogP contribution in [0.3, 0.4) is 0 Å². The van der Waals surface area contributed by atoms with Crippen molar-refractivity contribution in [3.05, 3.63) is 0 Å². The maximum atomic E-state index is 5.97. The highest BCUT2D eigenvalue weighted by atomic mass is 32.2. The van der Waals surface area contributed by atoms with Gasteiger partial charge in [0.25, 0.3) is 0 Å². The predicted octanol–water partition coefficient (Wildman–Crippen LogP) is 2.68. The van der Waals surface area contributed by atoms with E-state index in [1.165, 1.54) is 37.2 Å². The number of rotatable bonds is 2. The van der Waals surface area contributed by atoms with Gasteiger partial charge in [-0.2, -0.15) is 11.8 Å². The van der Waals surface area contributed by atoms with Gasteiger partial charge in [0.1, 0.15) is 0 Å². The minimum absolute atomic E-state index is 0.343. The van der Waals surface area contributed by atoms with Crippen molar-refractivity contribution >= 4 is 11.8 Å². The zero-order valence-electron chi connectivity index (χ0n) is 11.1. The molecule has 0 spiro atoms. The molecule has 0 radical (unpaired) electrons. The number of hydrogen-bond donors (Lipinski definition) is 1. The van der Waals surface area contributed by atoms with Crippen LogP contribution < -0.4 is 5.32 Å². The van der Waals surface area contributed by atoms with Crippen molar-refractivity contribution in [2.24, 2.45) is 11.3 Å². The molecule has 17 heavy (non-hydrogen) atoms. The molecular weight excluding hydrogens is 230 g/mol. The standard InChI is InChI=1S/C14H25NOS/c1-14(2)12(11-4-3-7-16-13(11)14)15-10-5-8-17-9-6-10/h10-13,15H,3-9H2,1-2H3. The molecule has 1 saturated carbocycles. The Bertz CT molecular complexity index is 275. The largest absolute Gasteiger partial charge is 0.377 e. The maximum absolute atomic E-state index is 5.97. The van der Waals surface area contributed by atoms with Crippen molar-refractivity contribution < 1.29 is 4.74 Å². The zero-order chi connectivity index (χ0) is 11.9. The van der Waals surface area contributed by atoms with Gasteiger partial charge >= 0.3 is 0 Å². The van der Waals surface area contributed by atoms with Gasteiger partial charge in [-0.25, -0.2) is 0 Å². The van der Waals surface area contributed by atoms with E-state index in [9.17, 15) is 0 Å². The van der Waals surface area contributed by atoms with Gasteiger partial charge in [-0.3, -0.25) is 0 Å². The number of fused-ring (bicyclic) bond motifs is 1. The highest BCUT2D eigenvalue weighted by Gasteiger charge is 2.57. The molecule has 0 amide bonds. The number of thioether (sulfide) groups is 1. The number of ether oxygens (including phenoxy) is 1. The smallest absolute Gasteiger partial charge is 0.0684 e. The summed E-state index contributed by atoms with van der Waals surface area (Å²) in [6.07, 6.45) is 5.86. The van der Waals surface area contributed by atoms with Crippen molar-refractivity contribution in [3.63, 3.8) is 0 Å². The quantitative estimate of drug-likeness (QED) is 0.820. The van der Waals surface area contributed by atoms with Crippen molar-refractivity contribution in [3.8, 4) is 0 Å². The fraction of sp³-hybridized carbons (Fsp3) is 1.00. The van der Waals surface area contributed by atoms with E-state index in [0.29, 0.717) is 17.6 Å². The SMILES string of the molecule is CC1(C)C(NC2CCSCC2)C2CCCOC21. The monoisotopic (exact) mass is 255 g/mol. The van der Waals surface area contributed by atoms with Crippen LogP contribution in [0.4, 0.5) is 0 Å². The minimum Gasteiger partial charge on any atom is -0.377 e. The van der Waals surface area contributed by atoms with Gasteiger partial charge in [-0.15, -0.1) is 0 Å². The summed E-state index contributed by atoms with van der Waals surface area (Å²) in [5.74, 6) is 3.47. The van der Waals surface area contributed by atoms with E-state index in [4.69, 9.17) is 4.74 Å². The lowest BCUT2D eigenvalue weighted by Crippen LogP contribution is -2.70. The summed E-state index contributed by atoms with van der Waals surface area (Å²) >= 11 is 2.11. The summed E-state index contributed by atoms with van der Waals surface area (Å²) in [7, 11) is 0. The maximum Gasteiger partial charge on any atom is 0.0684 e. The molecular formula is C14H25NOS. The molecule has 3 unspecified atom stereocenters. The van der Waals surface area contributed by atoms with E-state index >= 15 is 0 Å². The van der Waals surface area contributed by atoms with Crippen LogP contribution in [0.1, 0.15) is 39.5 Å². The summed E-state index contributed by atoms with van der Waals surface area (Å²) in [5, 5.41) is 3.95. The second kappa shape index (κ2) is 4.75. The molecule has 2 nitrogen and oxygen atoms in total. The third-order valence-corrected chi connectivity index (χ3v) is 6.02. The van der Waals surface area contributed by atoms with E-state index in [2.05, 4.69) is 30.9 Å². The van der Waals surface area contributed by atoms with Crippen LogP contribution in [0.25, 0.3) is 0 Å². The lowest BCUT2D eigenvalue weighted by Gasteiger charge is -2.61. The lowest BCUT2D eigenvalue weighted by molar-refractivity contribution is -0.194.